The molecule has 0 bridgehead atoms. The standard InChI is InChI=1S/C16H19N3O4S/c1-11-4-6-12(7-5-11)24(21,22)19-9-15-13(17-10-18(15)2)8-14(19)16(20)23-3/h4-7,10,14H,8-9H2,1-3H3. The average molecular weight is 349 g/mol. The number of rotatable bonds is 3. The van der Waals surface area contributed by atoms with Crippen LogP contribution in [0.2, 0.25) is 0 Å². The van der Waals surface area contributed by atoms with E-state index in [1.807, 2.05) is 6.92 Å². The monoisotopic (exact) mass is 349 g/mol. The largest absolute Gasteiger partial charge is 0.468 e. The molecule has 0 radical (unpaired) electrons. The number of benzene rings is 1. The van der Waals surface area contributed by atoms with Gasteiger partial charge in [0, 0.05) is 13.5 Å². The molecule has 0 fully saturated rings. The Hall–Kier alpha value is -2.19. The molecule has 128 valence electrons. The fourth-order valence-corrected chi connectivity index (χ4v) is 4.39. The van der Waals surface area contributed by atoms with Gasteiger partial charge in [0.15, 0.2) is 0 Å². The first-order chi connectivity index (χ1) is 11.3. The summed E-state index contributed by atoms with van der Waals surface area (Å²) in [6.07, 6.45) is 1.83. The van der Waals surface area contributed by atoms with Crippen molar-refractivity contribution < 1.29 is 17.9 Å². The number of imidazole rings is 1. The first-order valence-electron chi connectivity index (χ1n) is 7.50. The normalized spacial score (nSPS) is 18.2. The molecule has 0 aliphatic carbocycles. The van der Waals surface area contributed by atoms with Crippen LogP contribution in [0.1, 0.15) is 17.0 Å². The van der Waals surface area contributed by atoms with Gasteiger partial charge >= 0.3 is 5.97 Å². The Morgan fingerprint density at radius 2 is 1.96 bits per heavy atom. The van der Waals surface area contributed by atoms with Gasteiger partial charge in [-0.15, -0.1) is 0 Å². The SMILES string of the molecule is COC(=O)C1Cc2ncn(C)c2CN1S(=O)(=O)c1ccc(C)cc1. The van der Waals surface area contributed by atoms with Crippen molar-refractivity contribution in [3.63, 3.8) is 0 Å². The highest BCUT2D eigenvalue weighted by atomic mass is 32.2. The van der Waals surface area contributed by atoms with Crippen LogP contribution in [-0.4, -0.2) is 41.4 Å². The zero-order valence-electron chi connectivity index (χ0n) is 13.8. The van der Waals surface area contributed by atoms with E-state index in [1.165, 1.54) is 11.4 Å². The summed E-state index contributed by atoms with van der Waals surface area (Å²) in [6.45, 7) is 1.97. The maximum atomic E-state index is 13.1. The van der Waals surface area contributed by atoms with Gasteiger partial charge in [-0.1, -0.05) is 17.7 Å². The summed E-state index contributed by atoms with van der Waals surface area (Å²) in [7, 11) is -0.766. The van der Waals surface area contributed by atoms with E-state index in [0.717, 1.165) is 17.0 Å². The molecule has 1 aliphatic heterocycles. The maximum Gasteiger partial charge on any atom is 0.324 e. The van der Waals surface area contributed by atoms with Crippen LogP contribution in [0.4, 0.5) is 0 Å². The van der Waals surface area contributed by atoms with Gasteiger partial charge in [0.2, 0.25) is 10.0 Å². The van der Waals surface area contributed by atoms with Crippen molar-refractivity contribution in [2.24, 2.45) is 7.05 Å². The Morgan fingerprint density at radius 1 is 1.29 bits per heavy atom. The summed E-state index contributed by atoms with van der Waals surface area (Å²) in [4.78, 5) is 16.6. The molecule has 24 heavy (non-hydrogen) atoms. The Bertz CT molecular complexity index is 871. The quantitative estimate of drug-likeness (QED) is 0.773. The van der Waals surface area contributed by atoms with Crippen LogP contribution < -0.4 is 0 Å². The number of hydrogen-bond donors (Lipinski definition) is 0. The van der Waals surface area contributed by atoms with Crippen molar-refractivity contribution in [3.05, 3.63) is 47.5 Å². The number of aromatic nitrogens is 2. The molecule has 0 saturated carbocycles. The van der Waals surface area contributed by atoms with Crippen LogP contribution in [0.5, 0.6) is 0 Å². The van der Waals surface area contributed by atoms with Crippen molar-refractivity contribution in [2.75, 3.05) is 7.11 Å². The molecule has 0 saturated heterocycles. The smallest absolute Gasteiger partial charge is 0.324 e. The van der Waals surface area contributed by atoms with Crippen molar-refractivity contribution in [2.45, 2.75) is 30.8 Å². The second-order valence-electron chi connectivity index (χ2n) is 5.86. The average Bonchev–Trinajstić information content (AvgIpc) is 2.94. The van der Waals surface area contributed by atoms with Crippen LogP contribution >= 0.6 is 0 Å². The van der Waals surface area contributed by atoms with Gasteiger partial charge in [-0.05, 0) is 19.1 Å². The second-order valence-corrected chi connectivity index (χ2v) is 7.75. The number of ether oxygens (including phenoxy) is 1. The minimum Gasteiger partial charge on any atom is -0.468 e. The van der Waals surface area contributed by atoms with Crippen molar-refractivity contribution in [1.29, 1.82) is 0 Å². The highest BCUT2D eigenvalue weighted by molar-refractivity contribution is 7.89. The minimum absolute atomic E-state index is 0.0851. The molecule has 0 N–H and O–H groups in total. The lowest BCUT2D eigenvalue weighted by Gasteiger charge is -2.32. The van der Waals surface area contributed by atoms with E-state index in [0.29, 0.717) is 0 Å². The van der Waals surface area contributed by atoms with E-state index in [4.69, 9.17) is 4.74 Å². The molecular formula is C16H19N3O4S. The van der Waals surface area contributed by atoms with E-state index >= 15 is 0 Å². The maximum absolute atomic E-state index is 13.1. The first-order valence-corrected chi connectivity index (χ1v) is 8.94. The Labute approximate surface area is 140 Å². The molecule has 3 rings (SSSR count). The molecule has 1 atom stereocenters. The van der Waals surface area contributed by atoms with E-state index < -0.39 is 22.0 Å². The number of aryl methyl sites for hydroxylation is 2. The Morgan fingerprint density at radius 3 is 2.58 bits per heavy atom. The van der Waals surface area contributed by atoms with E-state index in [1.54, 1.807) is 42.2 Å². The predicted octanol–water partition coefficient (Wildman–Crippen LogP) is 1.02. The van der Waals surface area contributed by atoms with Crippen molar-refractivity contribution >= 4 is 16.0 Å². The molecule has 1 aliphatic rings. The number of carbonyl (C=O) groups excluding carboxylic acids is 1. The van der Waals surface area contributed by atoms with E-state index in [9.17, 15) is 13.2 Å². The Balaban J connectivity index is 2.06. The molecule has 2 aromatic rings. The minimum atomic E-state index is -3.83. The molecule has 8 heteroatoms. The van der Waals surface area contributed by atoms with E-state index in [2.05, 4.69) is 4.98 Å². The van der Waals surface area contributed by atoms with Crippen LogP contribution in [0.3, 0.4) is 0 Å². The molecule has 7 nitrogen and oxygen atoms in total. The highest BCUT2D eigenvalue weighted by Gasteiger charge is 2.41. The summed E-state index contributed by atoms with van der Waals surface area (Å²) in [5.74, 6) is -0.581. The van der Waals surface area contributed by atoms with Crippen molar-refractivity contribution in [3.8, 4) is 0 Å². The van der Waals surface area contributed by atoms with Gasteiger partial charge in [0.25, 0.3) is 0 Å². The third kappa shape index (κ3) is 2.71. The van der Waals surface area contributed by atoms with Crippen LogP contribution in [-0.2, 0) is 39.6 Å². The van der Waals surface area contributed by atoms with Crippen molar-refractivity contribution in [1.82, 2.24) is 13.9 Å². The van der Waals surface area contributed by atoms with Gasteiger partial charge in [-0.2, -0.15) is 4.31 Å². The number of fused-ring (bicyclic) bond motifs is 1. The molecule has 1 aromatic carbocycles. The number of sulfonamides is 1. The third-order valence-electron chi connectivity index (χ3n) is 4.29. The lowest BCUT2D eigenvalue weighted by Crippen LogP contribution is -2.49. The first kappa shape index (κ1) is 16.7. The van der Waals surface area contributed by atoms with Crippen LogP contribution in [0.25, 0.3) is 0 Å². The fraction of sp³-hybridized carbons (Fsp3) is 0.375. The molecular weight excluding hydrogens is 330 g/mol. The second kappa shape index (κ2) is 6.03. The zero-order chi connectivity index (χ0) is 17.5. The lowest BCUT2D eigenvalue weighted by molar-refractivity contribution is -0.145. The molecule has 1 unspecified atom stereocenters. The summed E-state index contributed by atoms with van der Waals surface area (Å²) in [6, 6.07) is 5.66. The fourth-order valence-electron chi connectivity index (χ4n) is 2.86. The lowest BCUT2D eigenvalue weighted by atomic mass is 10.1. The molecule has 0 spiro atoms. The zero-order valence-corrected chi connectivity index (χ0v) is 14.6. The predicted molar refractivity (Wildman–Crippen MR) is 86.6 cm³/mol. The third-order valence-corrected chi connectivity index (χ3v) is 6.16. The number of hydrogen-bond acceptors (Lipinski definition) is 5. The van der Waals surface area contributed by atoms with Crippen LogP contribution in [0.15, 0.2) is 35.5 Å². The summed E-state index contributed by atoms with van der Waals surface area (Å²) >= 11 is 0. The number of carbonyl (C=O) groups is 1. The number of nitrogens with zero attached hydrogens (tertiary/aromatic N) is 3. The molecule has 2 heterocycles. The summed E-state index contributed by atoms with van der Waals surface area (Å²) in [5.41, 5.74) is 2.47. The molecule has 0 amide bonds. The number of esters is 1. The Kier molecular flexibility index (Phi) is 4.18. The van der Waals surface area contributed by atoms with Gasteiger partial charge in [-0.3, -0.25) is 4.79 Å². The molecule has 1 aromatic heterocycles. The van der Waals surface area contributed by atoms with Gasteiger partial charge in [-0.25, -0.2) is 13.4 Å². The van der Waals surface area contributed by atoms with E-state index in [-0.39, 0.29) is 17.9 Å². The van der Waals surface area contributed by atoms with Crippen LogP contribution in [0, 0.1) is 6.92 Å². The van der Waals surface area contributed by atoms with Gasteiger partial charge < -0.3 is 9.30 Å². The highest BCUT2D eigenvalue weighted by Crippen LogP contribution is 2.29. The summed E-state index contributed by atoms with van der Waals surface area (Å²) < 4.78 is 33.9. The number of methoxy groups -OCH3 is 1. The van der Waals surface area contributed by atoms with Gasteiger partial charge in [0.05, 0.1) is 36.3 Å². The van der Waals surface area contributed by atoms with Gasteiger partial charge in [0.1, 0.15) is 6.04 Å². The summed E-state index contributed by atoms with van der Waals surface area (Å²) in [5, 5.41) is 0. The topological polar surface area (TPSA) is 81.5 Å².